The van der Waals surface area contributed by atoms with E-state index in [1.54, 1.807) is 18.1 Å². The van der Waals surface area contributed by atoms with Gasteiger partial charge in [-0.15, -0.1) is 0 Å². The van der Waals surface area contributed by atoms with Gasteiger partial charge in [0.05, 0.1) is 11.3 Å². The van der Waals surface area contributed by atoms with Crippen molar-refractivity contribution >= 4 is 23.8 Å². The quantitative estimate of drug-likeness (QED) is 0.794. The molecule has 3 aliphatic rings. The standard InChI is InChI=1S/C20H23N5O2S/c1-13-10-14-2-3-15(11-18(14)27-13)28-25-8-6-24(7-9-25)20-22-12-16-17(23-20)4-5-21-19(16)26/h2-3,11-13H,4-10H2,1H3,(H,21,26)/t13-/m1/s1. The average Bonchev–Trinajstić information content (AvgIpc) is 3.08. The molecule has 0 spiro atoms. The van der Waals surface area contributed by atoms with E-state index in [2.05, 4.69) is 49.6 Å². The highest BCUT2D eigenvalue weighted by atomic mass is 32.2. The molecule has 0 bridgehead atoms. The zero-order chi connectivity index (χ0) is 19.1. The molecule has 5 rings (SSSR count). The molecule has 7 nitrogen and oxygen atoms in total. The summed E-state index contributed by atoms with van der Waals surface area (Å²) >= 11 is 1.79. The monoisotopic (exact) mass is 397 g/mol. The summed E-state index contributed by atoms with van der Waals surface area (Å²) in [5, 5.41) is 2.83. The van der Waals surface area contributed by atoms with Crippen molar-refractivity contribution in [2.75, 3.05) is 37.6 Å². The summed E-state index contributed by atoms with van der Waals surface area (Å²) in [6.45, 7) is 6.37. The fraction of sp³-hybridized carbons (Fsp3) is 0.450. The Morgan fingerprint density at radius 1 is 1.25 bits per heavy atom. The number of hydrogen-bond donors (Lipinski definition) is 1. The van der Waals surface area contributed by atoms with E-state index in [0.29, 0.717) is 12.1 Å². The zero-order valence-electron chi connectivity index (χ0n) is 15.9. The number of rotatable bonds is 3. The summed E-state index contributed by atoms with van der Waals surface area (Å²) in [5.74, 6) is 1.70. The summed E-state index contributed by atoms with van der Waals surface area (Å²) in [6.07, 6.45) is 3.72. The Labute approximate surface area is 168 Å². The highest BCUT2D eigenvalue weighted by molar-refractivity contribution is 7.97. The predicted molar refractivity (Wildman–Crippen MR) is 108 cm³/mol. The summed E-state index contributed by atoms with van der Waals surface area (Å²) in [6, 6.07) is 6.54. The minimum atomic E-state index is -0.0678. The van der Waals surface area contributed by atoms with Gasteiger partial charge in [-0.3, -0.25) is 4.79 Å². The second-order valence-electron chi connectivity index (χ2n) is 7.45. The lowest BCUT2D eigenvalue weighted by Gasteiger charge is -2.34. The van der Waals surface area contributed by atoms with E-state index in [9.17, 15) is 4.79 Å². The first kappa shape index (κ1) is 17.8. The van der Waals surface area contributed by atoms with Gasteiger partial charge in [-0.25, -0.2) is 14.3 Å². The van der Waals surface area contributed by atoms with Crippen molar-refractivity contribution in [3.8, 4) is 5.75 Å². The van der Waals surface area contributed by atoms with Crippen LogP contribution in [0.15, 0.2) is 29.3 Å². The van der Waals surface area contributed by atoms with Gasteiger partial charge in [0.15, 0.2) is 0 Å². The van der Waals surface area contributed by atoms with Crippen LogP contribution in [0.4, 0.5) is 5.95 Å². The van der Waals surface area contributed by atoms with Crippen LogP contribution in [-0.2, 0) is 12.8 Å². The average molecular weight is 398 g/mol. The maximum Gasteiger partial charge on any atom is 0.254 e. The van der Waals surface area contributed by atoms with Crippen LogP contribution in [0.3, 0.4) is 0 Å². The Kier molecular flexibility index (Phi) is 4.60. The van der Waals surface area contributed by atoms with Gasteiger partial charge < -0.3 is 15.0 Å². The molecule has 1 aromatic heterocycles. The predicted octanol–water partition coefficient (Wildman–Crippen LogP) is 1.92. The van der Waals surface area contributed by atoms with Crippen molar-refractivity contribution in [1.82, 2.24) is 19.6 Å². The molecule has 4 heterocycles. The van der Waals surface area contributed by atoms with Crippen molar-refractivity contribution in [3.05, 3.63) is 41.2 Å². The van der Waals surface area contributed by atoms with Gasteiger partial charge in [0.1, 0.15) is 11.9 Å². The largest absolute Gasteiger partial charge is 0.490 e. The molecular formula is C20H23N5O2S. The first-order valence-electron chi connectivity index (χ1n) is 9.77. The summed E-state index contributed by atoms with van der Waals surface area (Å²) in [5.41, 5.74) is 2.77. The van der Waals surface area contributed by atoms with E-state index in [1.165, 1.54) is 10.5 Å². The summed E-state index contributed by atoms with van der Waals surface area (Å²) in [4.78, 5) is 24.4. The molecule has 0 radical (unpaired) electrons. The third-order valence-corrected chi connectivity index (χ3v) is 6.47. The molecule has 1 fully saturated rings. The number of hydrogen-bond acceptors (Lipinski definition) is 7. The number of benzene rings is 1. The number of anilines is 1. The Balaban J connectivity index is 1.21. The van der Waals surface area contributed by atoms with Gasteiger partial charge in [-0.2, -0.15) is 0 Å². The van der Waals surface area contributed by atoms with Gasteiger partial charge >= 0.3 is 0 Å². The Morgan fingerprint density at radius 2 is 2.11 bits per heavy atom. The second kappa shape index (κ2) is 7.25. The van der Waals surface area contributed by atoms with E-state index < -0.39 is 0 Å². The molecule has 1 saturated heterocycles. The number of ether oxygens (including phenoxy) is 1. The van der Waals surface area contributed by atoms with Crippen LogP contribution >= 0.6 is 11.9 Å². The van der Waals surface area contributed by atoms with Crippen molar-refractivity contribution in [2.24, 2.45) is 0 Å². The van der Waals surface area contributed by atoms with E-state index in [0.717, 1.165) is 56.4 Å². The van der Waals surface area contributed by atoms with Crippen LogP contribution in [-0.4, -0.2) is 59.0 Å². The molecule has 8 heteroatoms. The summed E-state index contributed by atoms with van der Waals surface area (Å²) in [7, 11) is 0. The molecular weight excluding hydrogens is 374 g/mol. The molecule has 1 N–H and O–H groups in total. The van der Waals surface area contributed by atoms with Crippen LogP contribution in [0.25, 0.3) is 0 Å². The maximum atomic E-state index is 11.9. The fourth-order valence-electron chi connectivity index (χ4n) is 3.90. The first-order valence-corrected chi connectivity index (χ1v) is 10.5. The van der Waals surface area contributed by atoms with Crippen LogP contribution < -0.4 is 15.0 Å². The number of piperazine rings is 1. The highest BCUT2D eigenvalue weighted by Crippen LogP contribution is 2.34. The number of amides is 1. The Hall–Kier alpha value is -2.32. The molecule has 3 aliphatic heterocycles. The number of carbonyl (C=O) groups excluding carboxylic acids is 1. The fourth-order valence-corrected chi connectivity index (χ4v) is 4.83. The Bertz CT molecular complexity index is 913. The first-order chi connectivity index (χ1) is 13.7. The molecule has 1 atom stereocenters. The number of nitrogens with zero attached hydrogens (tertiary/aromatic N) is 4. The molecule has 1 aromatic carbocycles. The van der Waals surface area contributed by atoms with E-state index >= 15 is 0 Å². The van der Waals surface area contributed by atoms with Crippen LogP contribution in [0, 0.1) is 0 Å². The third kappa shape index (κ3) is 3.42. The molecule has 0 aliphatic carbocycles. The van der Waals surface area contributed by atoms with Crippen molar-refractivity contribution < 1.29 is 9.53 Å². The van der Waals surface area contributed by atoms with Crippen molar-refractivity contribution in [1.29, 1.82) is 0 Å². The SMILES string of the molecule is C[C@@H]1Cc2ccc(SN3CCN(c4ncc5c(n4)CCNC5=O)CC3)cc2O1. The van der Waals surface area contributed by atoms with Gasteiger partial charge in [0.25, 0.3) is 5.91 Å². The molecule has 0 unspecified atom stereocenters. The lowest BCUT2D eigenvalue weighted by Crippen LogP contribution is -2.44. The van der Waals surface area contributed by atoms with Crippen LogP contribution in [0.1, 0.15) is 28.5 Å². The Morgan fingerprint density at radius 3 is 2.96 bits per heavy atom. The van der Waals surface area contributed by atoms with Gasteiger partial charge in [-0.1, -0.05) is 6.07 Å². The minimum Gasteiger partial charge on any atom is -0.490 e. The van der Waals surface area contributed by atoms with Crippen molar-refractivity contribution in [2.45, 2.75) is 30.8 Å². The minimum absolute atomic E-state index is 0.0678. The van der Waals surface area contributed by atoms with Gasteiger partial charge in [0.2, 0.25) is 5.95 Å². The lowest BCUT2D eigenvalue weighted by molar-refractivity contribution is 0.0944. The molecule has 28 heavy (non-hydrogen) atoms. The van der Waals surface area contributed by atoms with E-state index in [4.69, 9.17) is 4.74 Å². The molecule has 146 valence electrons. The normalized spacial score (nSPS) is 21.7. The number of fused-ring (bicyclic) bond motifs is 2. The number of carbonyl (C=O) groups is 1. The molecule has 0 saturated carbocycles. The van der Waals surface area contributed by atoms with E-state index in [-0.39, 0.29) is 12.0 Å². The second-order valence-corrected chi connectivity index (χ2v) is 8.62. The van der Waals surface area contributed by atoms with Crippen LogP contribution in [0.5, 0.6) is 5.75 Å². The highest BCUT2D eigenvalue weighted by Gasteiger charge is 2.24. The smallest absolute Gasteiger partial charge is 0.254 e. The maximum absolute atomic E-state index is 11.9. The zero-order valence-corrected chi connectivity index (χ0v) is 16.7. The van der Waals surface area contributed by atoms with Crippen molar-refractivity contribution in [3.63, 3.8) is 0 Å². The summed E-state index contributed by atoms with van der Waals surface area (Å²) < 4.78 is 8.26. The van der Waals surface area contributed by atoms with Gasteiger partial charge in [0, 0.05) is 56.7 Å². The topological polar surface area (TPSA) is 70.6 Å². The van der Waals surface area contributed by atoms with E-state index in [1.807, 2.05) is 0 Å². The van der Waals surface area contributed by atoms with Crippen LogP contribution in [0.2, 0.25) is 0 Å². The van der Waals surface area contributed by atoms with Gasteiger partial charge in [-0.05, 0) is 36.6 Å². The lowest BCUT2D eigenvalue weighted by atomic mass is 10.1. The molecule has 2 aromatic rings. The third-order valence-electron chi connectivity index (χ3n) is 5.38. The number of aromatic nitrogens is 2. The number of nitrogens with one attached hydrogen (secondary N) is 1. The molecule has 1 amide bonds.